The van der Waals surface area contributed by atoms with Crippen LogP contribution in [0.15, 0.2) is 93.3 Å². The zero-order valence-electron chi connectivity index (χ0n) is 16.9. The van der Waals surface area contributed by atoms with Crippen molar-refractivity contribution in [2.24, 2.45) is 0 Å². The fourth-order valence-corrected chi connectivity index (χ4v) is 3.74. The molecule has 0 aliphatic carbocycles. The lowest BCUT2D eigenvalue weighted by Crippen LogP contribution is -2.40. The molecule has 0 amide bonds. The largest absolute Gasteiger partial charge is 0.467 e. The van der Waals surface area contributed by atoms with Crippen molar-refractivity contribution in [2.75, 3.05) is 0 Å². The molecule has 3 heterocycles. The van der Waals surface area contributed by atoms with E-state index in [9.17, 15) is 14.9 Å². The summed E-state index contributed by atoms with van der Waals surface area (Å²) >= 11 is 0. The number of imidazole rings is 1. The van der Waals surface area contributed by atoms with Gasteiger partial charge in [0.2, 0.25) is 0 Å². The van der Waals surface area contributed by atoms with Crippen LogP contribution < -0.4 is 11.2 Å². The third kappa shape index (κ3) is 3.32. The van der Waals surface area contributed by atoms with Crippen LogP contribution in [0.4, 0.5) is 0 Å². The van der Waals surface area contributed by atoms with Gasteiger partial charge >= 0.3 is 5.69 Å². The Hall–Kier alpha value is -4.64. The zero-order chi connectivity index (χ0) is 22.1. The molecule has 156 valence electrons. The van der Waals surface area contributed by atoms with E-state index >= 15 is 0 Å². The van der Waals surface area contributed by atoms with Crippen LogP contribution in [0.2, 0.25) is 0 Å². The summed E-state index contributed by atoms with van der Waals surface area (Å²) in [5.41, 5.74) is 1.60. The monoisotopic (exact) mass is 423 g/mol. The van der Waals surface area contributed by atoms with Gasteiger partial charge in [-0.25, -0.2) is 14.3 Å². The summed E-state index contributed by atoms with van der Waals surface area (Å²) in [5.74, 6) is 0.496. The Bertz CT molecular complexity index is 1570. The van der Waals surface area contributed by atoms with Gasteiger partial charge in [0.1, 0.15) is 5.76 Å². The smallest absolute Gasteiger partial charge is 0.337 e. The van der Waals surface area contributed by atoms with Crippen molar-refractivity contribution in [1.82, 2.24) is 18.7 Å². The van der Waals surface area contributed by atoms with Crippen LogP contribution in [0.1, 0.15) is 16.9 Å². The third-order valence-electron chi connectivity index (χ3n) is 5.22. The SMILES string of the molecule is N#Cc1cccc(Cn2cnc3c2c(=O)n(Cc2ccco2)c(=O)n3-c2ccccc2)c1. The van der Waals surface area contributed by atoms with E-state index in [4.69, 9.17) is 4.42 Å². The van der Waals surface area contributed by atoms with Crippen LogP contribution in [0.25, 0.3) is 16.9 Å². The number of rotatable bonds is 5. The number of nitriles is 1. The molecule has 8 nitrogen and oxygen atoms in total. The van der Waals surface area contributed by atoms with Crippen LogP contribution in [-0.2, 0) is 13.1 Å². The molecule has 0 N–H and O–H groups in total. The minimum atomic E-state index is -0.498. The van der Waals surface area contributed by atoms with Gasteiger partial charge in [-0.15, -0.1) is 0 Å². The van der Waals surface area contributed by atoms with E-state index in [2.05, 4.69) is 11.1 Å². The summed E-state index contributed by atoms with van der Waals surface area (Å²) in [6, 6.07) is 21.8. The highest BCUT2D eigenvalue weighted by Crippen LogP contribution is 2.15. The summed E-state index contributed by atoms with van der Waals surface area (Å²) in [5, 5.41) is 9.19. The Balaban J connectivity index is 1.75. The predicted molar refractivity (Wildman–Crippen MR) is 118 cm³/mol. The number of para-hydroxylation sites is 1. The van der Waals surface area contributed by atoms with E-state index in [0.29, 0.717) is 29.1 Å². The van der Waals surface area contributed by atoms with Gasteiger partial charge in [-0.05, 0) is 42.0 Å². The number of fused-ring (bicyclic) bond motifs is 1. The molecule has 8 heteroatoms. The lowest BCUT2D eigenvalue weighted by molar-refractivity contribution is 0.482. The van der Waals surface area contributed by atoms with Crippen LogP contribution in [0, 0.1) is 11.3 Å². The lowest BCUT2D eigenvalue weighted by atomic mass is 10.1. The van der Waals surface area contributed by atoms with Gasteiger partial charge in [0.15, 0.2) is 11.2 Å². The van der Waals surface area contributed by atoms with E-state index in [0.717, 1.165) is 10.1 Å². The van der Waals surface area contributed by atoms with Crippen LogP contribution in [0.3, 0.4) is 0 Å². The van der Waals surface area contributed by atoms with Crippen molar-refractivity contribution in [3.8, 4) is 11.8 Å². The van der Waals surface area contributed by atoms with Gasteiger partial charge in [-0.2, -0.15) is 5.26 Å². The third-order valence-corrected chi connectivity index (χ3v) is 5.22. The van der Waals surface area contributed by atoms with Gasteiger partial charge < -0.3 is 8.98 Å². The first-order valence-electron chi connectivity index (χ1n) is 9.93. The molecule has 0 saturated carbocycles. The number of nitrogens with zero attached hydrogens (tertiary/aromatic N) is 5. The molecule has 0 saturated heterocycles. The van der Waals surface area contributed by atoms with E-state index < -0.39 is 11.2 Å². The second-order valence-corrected chi connectivity index (χ2v) is 7.28. The first-order chi connectivity index (χ1) is 15.7. The molecule has 0 spiro atoms. The first kappa shape index (κ1) is 19.3. The normalized spacial score (nSPS) is 11.0. The minimum Gasteiger partial charge on any atom is -0.467 e. The predicted octanol–water partition coefficient (Wildman–Crippen LogP) is 2.91. The van der Waals surface area contributed by atoms with E-state index in [-0.39, 0.29) is 12.2 Å². The summed E-state index contributed by atoms with van der Waals surface area (Å²) in [7, 11) is 0. The fraction of sp³-hybridized carbons (Fsp3) is 0.0833. The van der Waals surface area contributed by atoms with Crippen LogP contribution in [0.5, 0.6) is 0 Å². The molecular formula is C24H17N5O3. The van der Waals surface area contributed by atoms with Gasteiger partial charge in [-0.1, -0.05) is 30.3 Å². The molecule has 5 rings (SSSR count). The lowest BCUT2D eigenvalue weighted by Gasteiger charge is -2.12. The van der Waals surface area contributed by atoms with Gasteiger partial charge in [0.05, 0.1) is 36.5 Å². The van der Waals surface area contributed by atoms with Crippen LogP contribution in [-0.4, -0.2) is 18.7 Å². The van der Waals surface area contributed by atoms with E-state index in [1.807, 2.05) is 24.3 Å². The highest BCUT2D eigenvalue weighted by Gasteiger charge is 2.20. The molecule has 32 heavy (non-hydrogen) atoms. The maximum absolute atomic E-state index is 13.4. The topological polar surface area (TPSA) is 98.8 Å². The summed E-state index contributed by atoms with van der Waals surface area (Å²) in [6.45, 7) is 0.331. The van der Waals surface area contributed by atoms with Crippen LogP contribution >= 0.6 is 0 Å². The molecular weight excluding hydrogens is 406 g/mol. The van der Waals surface area contributed by atoms with Crippen molar-refractivity contribution < 1.29 is 4.42 Å². The van der Waals surface area contributed by atoms with Crippen molar-refractivity contribution in [2.45, 2.75) is 13.1 Å². The second-order valence-electron chi connectivity index (χ2n) is 7.28. The molecule has 2 aromatic carbocycles. The highest BCUT2D eigenvalue weighted by atomic mass is 16.3. The average molecular weight is 423 g/mol. The maximum atomic E-state index is 13.4. The Morgan fingerprint density at radius 1 is 0.969 bits per heavy atom. The molecule has 0 aliphatic heterocycles. The number of aromatic nitrogens is 4. The van der Waals surface area contributed by atoms with Gasteiger partial charge in [0, 0.05) is 6.54 Å². The number of hydrogen-bond acceptors (Lipinski definition) is 5. The second kappa shape index (κ2) is 7.89. The number of benzene rings is 2. The highest BCUT2D eigenvalue weighted by molar-refractivity contribution is 5.72. The summed E-state index contributed by atoms with van der Waals surface area (Å²) in [4.78, 5) is 31.2. The Morgan fingerprint density at radius 2 is 1.81 bits per heavy atom. The molecule has 0 atom stereocenters. The van der Waals surface area contributed by atoms with Crippen molar-refractivity contribution in [3.05, 3.63) is 117 Å². The first-order valence-corrected chi connectivity index (χ1v) is 9.93. The molecule has 0 fully saturated rings. The number of hydrogen-bond donors (Lipinski definition) is 0. The Morgan fingerprint density at radius 3 is 2.56 bits per heavy atom. The van der Waals surface area contributed by atoms with E-state index in [1.54, 1.807) is 53.4 Å². The molecule has 0 aliphatic rings. The zero-order valence-corrected chi connectivity index (χ0v) is 16.9. The number of furan rings is 1. The maximum Gasteiger partial charge on any atom is 0.337 e. The Labute approximate surface area is 181 Å². The van der Waals surface area contributed by atoms with Crippen molar-refractivity contribution in [1.29, 1.82) is 5.26 Å². The quantitative estimate of drug-likeness (QED) is 0.433. The fourth-order valence-electron chi connectivity index (χ4n) is 3.74. The standard InChI is InChI=1S/C24H17N5O3/c25-13-17-6-4-7-18(12-17)14-27-16-26-22-21(27)23(30)28(15-20-10-5-11-32-20)24(31)29(22)19-8-2-1-3-9-19/h1-12,16H,14-15H2. The average Bonchev–Trinajstić information content (AvgIpc) is 3.48. The molecule has 0 unspecified atom stereocenters. The van der Waals surface area contributed by atoms with Gasteiger partial charge in [-0.3, -0.25) is 9.36 Å². The van der Waals surface area contributed by atoms with Crippen molar-refractivity contribution >= 4 is 11.2 Å². The van der Waals surface area contributed by atoms with Gasteiger partial charge in [0.25, 0.3) is 5.56 Å². The molecule has 5 aromatic rings. The molecule has 0 bridgehead atoms. The van der Waals surface area contributed by atoms with E-state index in [1.165, 1.54) is 10.8 Å². The summed E-state index contributed by atoms with van der Waals surface area (Å²) in [6.07, 6.45) is 3.04. The Kier molecular flexibility index (Phi) is 4.76. The van der Waals surface area contributed by atoms with Crippen molar-refractivity contribution in [3.63, 3.8) is 0 Å². The minimum absolute atomic E-state index is 0.00252. The molecule has 3 aromatic heterocycles. The molecule has 0 radical (unpaired) electrons. The summed E-state index contributed by atoms with van der Waals surface area (Å²) < 4.78 is 9.66.